The van der Waals surface area contributed by atoms with Crippen molar-refractivity contribution in [1.29, 1.82) is 0 Å². The SMILES string of the molecule is CCOc1ccccc1Nc1nnc(SCc2ncc(-c3ccccc3)o2)s1. The Morgan fingerprint density at radius 1 is 1.07 bits per heavy atom. The summed E-state index contributed by atoms with van der Waals surface area (Å²) in [5.74, 6) is 2.82. The van der Waals surface area contributed by atoms with Gasteiger partial charge in [0.15, 0.2) is 10.1 Å². The van der Waals surface area contributed by atoms with Crippen molar-refractivity contribution < 1.29 is 9.15 Å². The van der Waals surface area contributed by atoms with Gasteiger partial charge >= 0.3 is 0 Å². The molecule has 0 aliphatic heterocycles. The molecule has 4 rings (SSSR count). The van der Waals surface area contributed by atoms with Crippen molar-refractivity contribution in [3.8, 4) is 17.1 Å². The molecule has 0 saturated heterocycles. The number of thioether (sulfide) groups is 1. The lowest BCUT2D eigenvalue weighted by Crippen LogP contribution is -1.97. The molecule has 0 aliphatic rings. The Hall–Kier alpha value is -2.84. The lowest BCUT2D eigenvalue weighted by atomic mass is 10.2. The smallest absolute Gasteiger partial charge is 0.210 e. The third kappa shape index (κ3) is 4.52. The van der Waals surface area contributed by atoms with E-state index in [2.05, 4.69) is 20.5 Å². The van der Waals surface area contributed by atoms with Crippen molar-refractivity contribution in [2.24, 2.45) is 0 Å². The first-order valence-electron chi connectivity index (χ1n) is 8.77. The molecule has 0 spiro atoms. The zero-order valence-corrected chi connectivity index (χ0v) is 16.8. The number of nitrogens with one attached hydrogen (secondary N) is 1. The molecule has 0 saturated carbocycles. The second-order valence-corrected chi connectivity index (χ2v) is 7.90. The van der Waals surface area contributed by atoms with Gasteiger partial charge in [0.05, 0.1) is 24.2 Å². The molecule has 0 aliphatic carbocycles. The summed E-state index contributed by atoms with van der Waals surface area (Å²) in [7, 11) is 0. The summed E-state index contributed by atoms with van der Waals surface area (Å²) in [5.41, 5.74) is 1.89. The van der Waals surface area contributed by atoms with Gasteiger partial charge in [-0.1, -0.05) is 65.6 Å². The Bertz CT molecular complexity index is 1030. The fourth-order valence-electron chi connectivity index (χ4n) is 2.52. The molecule has 2 heterocycles. The molecular weight excluding hydrogens is 392 g/mol. The molecule has 4 aromatic rings. The highest BCUT2D eigenvalue weighted by Gasteiger charge is 2.11. The van der Waals surface area contributed by atoms with Crippen molar-refractivity contribution in [1.82, 2.24) is 15.2 Å². The Balaban J connectivity index is 1.37. The van der Waals surface area contributed by atoms with Crippen LogP contribution in [-0.2, 0) is 5.75 Å². The first kappa shape index (κ1) is 18.5. The summed E-state index contributed by atoms with van der Waals surface area (Å²) >= 11 is 3.03. The summed E-state index contributed by atoms with van der Waals surface area (Å²) in [6.07, 6.45) is 1.75. The van der Waals surface area contributed by atoms with Crippen LogP contribution in [0.4, 0.5) is 10.8 Å². The first-order chi connectivity index (χ1) is 13.8. The Kier molecular flexibility index (Phi) is 5.89. The van der Waals surface area contributed by atoms with Crippen molar-refractivity contribution in [3.05, 3.63) is 66.7 Å². The number of anilines is 2. The van der Waals surface area contributed by atoms with E-state index >= 15 is 0 Å². The average Bonchev–Trinajstić information content (AvgIpc) is 3.38. The normalized spacial score (nSPS) is 10.8. The van der Waals surface area contributed by atoms with E-state index in [0.29, 0.717) is 23.4 Å². The molecule has 0 fully saturated rings. The molecule has 0 atom stereocenters. The molecule has 0 radical (unpaired) electrons. The maximum Gasteiger partial charge on any atom is 0.210 e. The van der Waals surface area contributed by atoms with Crippen LogP contribution >= 0.6 is 23.1 Å². The van der Waals surface area contributed by atoms with Gasteiger partial charge in [0.25, 0.3) is 0 Å². The summed E-state index contributed by atoms with van der Waals surface area (Å²) in [4.78, 5) is 4.35. The molecule has 8 heteroatoms. The number of nitrogens with zero attached hydrogens (tertiary/aromatic N) is 3. The van der Waals surface area contributed by atoms with Crippen molar-refractivity contribution in [3.63, 3.8) is 0 Å². The van der Waals surface area contributed by atoms with Gasteiger partial charge < -0.3 is 14.5 Å². The number of benzene rings is 2. The Morgan fingerprint density at radius 2 is 1.89 bits per heavy atom. The van der Waals surface area contributed by atoms with Gasteiger partial charge in [-0.2, -0.15) is 0 Å². The average molecular weight is 411 g/mol. The van der Waals surface area contributed by atoms with Gasteiger partial charge in [0.1, 0.15) is 5.75 Å². The minimum atomic E-state index is 0.594. The zero-order chi connectivity index (χ0) is 19.2. The lowest BCUT2D eigenvalue weighted by molar-refractivity contribution is 0.342. The highest BCUT2D eigenvalue weighted by atomic mass is 32.2. The molecule has 0 bridgehead atoms. The highest BCUT2D eigenvalue weighted by Crippen LogP contribution is 2.33. The molecule has 6 nitrogen and oxygen atoms in total. The largest absolute Gasteiger partial charge is 0.492 e. The molecule has 28 heavy (non-hydrogen) atoms. The second kappa shape index (κ2) is 8.90. The fourth-order valence-corrected chi connectivity index (χ4v) is 4.14. The van der Waals surface area contributed by atoms with E-state index in [-0.39, 0.29) is 0 Å². The van der Waals surface area contributed by atoms with E-state index in [1.165, 1.54) is 11.3 Å². The van der Waals surface area contributed by atoms with Crippen molar-refractivity contribution in [2.75, 3.05) is 11.9 Å². The standard InChI is InChI=1S/C20H18N4O2S2/c1-2-25-16-11-7-6-10-15(16)22-19-23-24-20(28-19)27-13-18-21-12-17(26-18)14-8-4-3-5-9-14/h3-12H,2,13H2,1H3,(H,22,23). The molecule has 0 amide bonds. The minimum absolute atomic E-state index is 0.594. The highest BCUT2D eigenvalue weighted by molar-refractivity contribution is 8.00. The molecule has 2 aromatic carbocycles. The third-order valence-electron chi connectivity index (χ3n) is 3.77. The minimum Gasteiger partial charge on any atom is -0.492 e. The number of ether oxygens (including phenoxy) is 1. The molecule has 142 valence electrons. The number of oxazole rings is 1. The van der Waals surface area contributed by atoms with Crippen molar-refractivity contribution >= 4 is 33.9 Å². The molecule has 2 aromatic heterocycles. The second-order valence-electron chi connectivity index (χ2n) is 5.70. The fraction of sp³-hybridized carbons (Fsp3) is 0.150. The number of rotatable bonds is 8. The zero-order valence-electron chi connectivity index (χ0n) is 15.2. The van der Waals surface area contributed by atoms with Crippen LogP contribution in [0.3, 0.4) is 0 Å². The van der Waals surface area contributed by atoms with Gasteiger partial charge in [0, 0.05) is 5.56 Å². The Labute approximate surface area is 171 Å². The number of hydrogen-bond acceptors (Lipinski definition) is 8. The van der Waals surface area contributed by atoms with Gasteiger partial charge in [-0.3, -0.25) is 0 Å². The Morgan fingerprint density at radius 3 is 2.75 bits per heavy atom. The maximum atomic E-state index is 5.83. The summed E-state index contributed by atoms with van der Waals surface area (Å²) in [6.45, 7) is 2.57. The number of hydrogen-bond donors (Lipinski definition) is 1. The lowest BCUT2D eigenvalue weighted by Gasteiger charge is -2.09. The third-order valence-corrected chi connectivity index (χ3v) is 5.72. The van der Waals surface area contributed by atoms with Crippen LogP contribution in [0, 0.1) is 0 Å². The van der Waals surface area contributed by atoms with E-state index in [4.69, 9.17) is 9.15 Å². The number of para-hydroxylation sites is 2. The van der Waals surface area contributed by atoms with Crippen LogP contribution in [-0.4, -0.2) is 21.8 Å². The van der Waals surface area contributed by atoms with Gasteiger partial charge in [-0.05, 0) is 19.1 Å². The van der Waals surface area contributed by atoms with Crippen LogP contribution < -0.4 is 10.1 Å². The van der Waals surface area contributed by atoms with E-state index in [0.717, 1.165) is 27.1 Å². The van der Waals surface area contributed by atoms with Crippen molar-refractivity contribution in [2.45, 2.75) is 17.0 Å². The maximum absolute atomic E-state index is 5.83. The van der Waals surface area contributed by atoms with Gasteiger partial charge in [0.2, 0.25) is 11.0 Å². The monoisotopic (exact) mass is 410 g/mol. The molecule has 0 unspecified atom stereocenters. The van der Waals surface area contributed by atoms with Gasteiger partial charge in [-0.25, -0.2) is 4.98 Å². The number of aromatic nitrogens is 3. The van der Waals surface area contributed by atoms with Crippen LogP contribution in [0.15, 0.2) is 69.6 Å². The van der Waals surface area contributed by atoms with Crippen LogP contribution in [0.25, 0.3) is 11.3 Å². The van der Waals surface area contributed by atoms with E-state index in [9.17, 15) is 0 Å². The topological polar surface area (TPSA) is 73.1 Å². The van der Waals surface area contributed by atoms with Crippen LogP contribution in [0.1, 0.15) is 12.8 Å². The quantitative estimate of drug-likeness (QED) is 0.377. The summed E-state index contributed by atoms with van der Waals surface area (Å²) in [6, 6.07) is 17.7. The molecule has 1 N–H and O–H groups in total. The van der Waals surface area contributed by atoms with E-state index < -0.39 is 0 Å². The van der Waals surface area contributed by atoms with Gasteiger partial charge in [-0.15, -0.1) is 10.2 Å². The predicted molar refractivity (Wildman–Crippen MR) is 112 cm³/mol. The molecular formula is C20H18N4O2S2. The summed E-state index contributed by atoms with van der Waals surface area (Å²) in [5, 5.41) is 12.4. The first-order valence-corrected chi connectivity index (χ1v) is 10.6. The van der Waals surface area contributed by atoms with E-state index in [1.54, 1.807) is 18.0 Å². The summed E-state index contributed by atoms with van der Waals surface area (Å²) < 4.78 is 12.3. The van der Waals surface area contributed by atoms with E-state index in [1.807, 2.05) is 61.5 Å². The van der Waals surface area contributed by atoms with Crippen LogP contribution in [0.2, 0.25) is 0 Å². The van der Waals surface area contributed by atoms with Crippen LogP contribution in [0.5, 0.6) is 5.75 Å². The predicted octanol–water partition coefficient (Wildman–Crippen LogP) is 5.63.